The molecule has 0 aliphatic carbocycles. The molecule has 1 fully saturated rings. The standard InChI is InChI=1S/C16H23BO5/c1-15(2)16(3,4)22-17(21-15)12-9-11(10-14(18)20-6)7-8-13(12)19-5/h7-9H,10H2,1-6H3. The molecule has 1 saturated heterocycles. The van der Waals surface area contributed by atoms with Crippen molar-refractivity contribution in [3.63, 3.8) is 0 Å². The molecule has 6 heteroatoms. The highest BCUT2D eigenvalue weighted by atomic mass is 16.7. The van der Waals surface area contributed by atoms with Crippen LogP contribution in [0.5, 0.6) is 5.75 Å². The van der Waals surface area contributed by atoms with Gasteiger partial charge in [-0.05, 0) is 39.3 Å². The Labute approximate surface area is 132 Å². The Balaban J connectivity index is 2.33. The van der Waals surface area contributed by atoms with Gasteiger partial charge in [0.05, 0.1) is 31.8 Å². The zero-order valence-corrected chi connectivity index (χ0v) is 14.1. The third kappa shape index (κ3) is 3.13. The average Bonchev–Trinajstić information content (AvgIpc) is 2.67. The van der Waals surface area contributed by atoms with E-state index in [9.17, 15) is 4.79 Å². The van der Waals surface area contributed by atoms with Crippen LogP contribution < -0.4 is 10.2 Å². The Morgan fingerprint density at radius 3 is 2.23 bits per heavy atom. The zero-order valence-electron chi connectivity index (χ0n) is 14.1. The summed E-state index contributed by atoms with van der Waals surface area (Å²) in [6.45, 7) is 7.99. The lowest BCUT2D eigenvalue weighted by Crippen LogP contribution is -2.41. The first kappa shape index (κ1) is 16.8. The summed E-state index contributed by atoms with van der Waals surface area (Å²) in [5.41, 5.74) is 0.752. The van der Waals surface area contributed by atoms with Gasteiger partial charge in [-0.2, -0.15) is 0 Å². The lowest BCUT2D eigenvalue weighted by atomic mass is 9.77. The second-order valence-corrected chi connectivity index (χ2v) is 6.42. The normalized spacial score (nSPS) is 19.1. The van der Waals surface area contributed by atoms with Gasteiger partial charge in [0.15, 0.2) is 0 Å². The van der Waals surface area contributed by atoms with E-state index in [1.54, 1.807) is 7.11 Å². The van der Waals surface area contributed by atoms with Crippen LogP contribution >= 0.6 is 0 Å². The highest BCUT2D eigenvalue weighted by molar-refractivity contribution is 6.63. The van der Waals surface area contributed by atoms with Crippen LogP contribution in [0, 0.1) is 0 Å². The molecule has 0 saturated carbocycles. The van der Waals surface area contributed by atoms with Crippen LogP contribution in [0.1, 0.15) is 33.3 Å². The van der Waals surface area contributed by atoms with Crippen molar-refractivity contribution in [3.05, 3.63) is 23.8 Å². The predicted molar refractivity (Wildman–Crippen MR) is 84.4 cm³/mol. The minimum absolute atomic E-state index is 0.201. The number of methoxy groups -OCH3 is 2. The van der Waals surface area contributed by atoms with E-state index < -0.39 is 18.3 Å². The number of carbonyl (C=O) groups is 1. The van der Waals surface area contributed by atoms with E-state index in [1.165, 1.54) is 7.11 Å². The molecule has 120 valence electrons. The van der Waals surface area contributed by atoms with E-state index in [2.05, 4.69) is 0 Å². The molecule has 1 aliphatic heterocycles. The van der Waals surface area contributed by atoms with Gasteiger partial charge in [-0.3, -0.25) is 4.79 Å². The summed E-state index contributed by atoms with van der Waals surface area (Å²) in [5.74, 6) is 0.386. The van der Waals surface area contributed by atoms with Crippen molar-refractivity contribution < 1.29 is 23.6 Å². The molecule has 0 radical (unpaired) electrons. The van der Waals surface area contributed by atoms with Gasteiger partial charge in [0.25, 0.3) is 0 Å². The van der Waals surface area contributed by atoms with Gasteiger partial charge in [-0.1, -0.05) is 12.1 Å². The quantitative estimate of drug-likeness (QED) is 0.626. The summed E-state index contributed by atoms with van der Waals surface area (Å²) < 4.78 is 22.2. The van der Waals surface area contributed by atoms with Crippen LogP contribution in [-0.4, -0.2) is 38.5 Å². The second kappa shape index (κ2) is 5.93. The van der Waals surface area contributed by atoms with Crippen molar-refractivity contribution in [3.8, 4) is 5.75 Å². The summed E-state index contributed by atoms with van der Waals surface area (Å²) >= 11 is 0. The van der Waals surface area contributed by atoms with Crippen molar-refractivity contribution in [2.75, 3.05) is 14.2 Å². The predicted octanol–water partition coefficient (Wildman–Crippen LogP) is 1.71. The molecule has 0 aromatic heterocycles. The number of esters is 1. The zero-order chi connectivity index (χ0) is 16.5. The Morgan fingerprint density at radius 1 is 1.14 bits per heavy atom. The van der Waals surface area contributed by atoms with E-state index in [4.69, 9.17) is 18.8 Å². The molecule has 1 aliphatic rings. The fraction of sp³-hybridized carbons (Fsp3) is 0.562. The van der Waals surface area contributed by atoms with E-state index in [0.717, 1.165) is 11.0 Å². The Morgan fingerprint density at radius 2 is 1.73 bits per heavy atom. The lowest BCUT2D eigenvalue weighted by molar-refractivity contribution is -0.139. The number of carbonyl (C=O) groups excluding carboxylic acids is 1. The maximum atomic E-state index is 11.5. The fourth-order valence-corrected chi connectivity index (χ4v) is 2.29. The van der Waals surface area contributed by atoms with Gasteiger partial charge in [-0.25, -0.2) is 0 Å². The number of hydrogen-bond acceptors (Lipinski definition) is 5. The van der Waals surface area contributed by atoms with Crippen molar-refractivity contribution >= 4 is 18.6 Å². The van der Waals surface area contributed by atoms with Crippen molar-refractivity contribution in [1.29, 1.82) is 0 Å². The lowest BCUT2D eigenvalue weighted by Gasteiger charge is -2.32. The molecule has 0 unspecified atom stereocenters. The first-order valence-corrected chi connectivity index (χ1v) is 7.29. The third-order valence-corrected chi connectivity index (χ3v) is 4.38. The maximum absolute atomic E-state index is 11.5. The largest absolute Gasteiger partial charge is 0.498 e. The topological polar surface area (TPSA) is 54.0 Å². The van der Waals surface area contributed by atoms with Gasteiger partial charge in [0, 0.05) is 5.46 Å². The van der Waals surface area contributed by atoms with Crippen LogP contribution in [0.25, 0.3) is 0 Å². The van der Waals surface area contributed by atoms with E-state index in [-0.39, 0.29) is 12.4 Å². The third-order valence-electron chi connectivity index (χ3n) is 4.38. The molecule has 1 aromatic rings. The van der Waals surface area contributed by atoms with Crippen LogP contribution in [0.3, 0.4) is 0 Å². The van der Waals surface area contributed by atoms with Gasteiger partial charge in [-0.15, -0.1) is 0 Å². The number of rotatable bonds is 4. The number of hydrogen-bond donors (Lipinski definition) is 0. The van der Waals surface area contributed by atoms with Crippen LogP contribution in [0.4, 0.5) is 0 Å². The minimum atomic E-state index is -0.530. The van der Waals surface area contributed by atoms with E-state index >= 15 is 0 Å². The van der Waals surface area contributed by atoms with Crippen LogP contribution in [0.15, 0.2) is 18.2 Å². The first-order valence-electron chi connectivity index (χ1n) is 7.29. The van der Waals surface area contributed by atoms with Crippen LogP contribution in [0.2, 0.25) is 0 Å². The molecule has 22 heavy (non-hydrogen) atoms. The summed E-state index contributed by atoms with van der Waals surface area (Å²) in [6.07, 6.45) is 0.201. The molecule has 0 spiro atoms. The highest BCUT2D eigenvalue weighted by Gasteiger charge is 2.52. The molecule has 1 heterocycles. The number of ether oxygens (including phenoxy) is 2. The first-order chi connectivity index (χ1) is 10.2. The molecular weight excluding hydrogens is 283 g/mol. The summed E-state index contributed by atoms with van der Waals surface area (Å²) in [6, 6.07) is 5.53. The maximum Gasteiger partial charge on any atom is 0.498 e. The second-order valence-electron chi connectivity index (χ2n) is 6.42. The van der Waals surface area contributed by atoms with Gasteiger partial charge in [0.1, 0.15) is 5.75 Å². The Bertz CT molecular complexity index is 552. The molecule has 0 atom stereocenters. The molecule has 5 nitrogen and oxygen atoms in total. The minimum Gasteiger partial charge on any atom is -0.497 e. The van der Waals surface area contributed by atoms with E-state index in [1.807, 2.05) is 45.9 Å². The molecule has 2 rings (SSSR count). The summed E-state index contributed by atoms with van der Waals surface area (Å²) in [4.78, 5) is 11.5. The molecule has 0 bridgehead atoms. The monoisotopic (exact) mass is 306 g/mol. The molecule has 0 N–H and O–H groups in total. The number of benzene rings is 1. The van der Waals surface area contributed by atoms with Crippen molar-refractivity contribution in [2.45, 2.75) is 45.3 Å². The van der Waals surface area contributed by atoms with E-state index in [0.29, 0.717) is 5.75 Å². The average molecular weight is 306 g/mol. The van der Waals surface area contributed by atoms with Gasteiger partial charge >= 0.3 is 13.1 Å². The molecule has 1 aromatic carbocycles. The van der Waals surface area contributed by atoms with Crippen molar-refractivity contribution in [1.82, 2.24) is 0 Å². The highest BCUT2D eigenvalue weighted by Crippen LogP contribution is 2.37. The van der Waals surface area contributed by atoms with Crippen molar-refractivity contribution in [2.24, 2.45) is 0 Å². The summed E-state index contributed by atoms with van der Waals surface area (Å²) in [5, 5.41) is 0. The van der Waals surface area contributed by atoms with Crippen LogP contribution in [-0.2, 0) is 25.3 Å². The SMILES string of the molecule is COC(=O)Cc1ccc(OC)c(B2OC(C)(C)C(C)(C)O2)c1. The van der Waals surface area contributed by atoms with Gasteiger partial charge < -0.3 is 18.8 Å². The Hall–Kier alpha value is -1.53. The van der Waals surface area contributed by atoms with Gasteiger partial charge in [0.2, 0.25) is 0 Å². The summed E-state index contributed by atoms with van der Waals surface area (Å²) in [7, 11) is 2.45. The molecular formula is C16H23BO5. The fourth-order valence-electron chi connectivity index (χ4n) is 2.29. The Kier molecular flexibility index (Phi) is 4.54. The smallest absolute Gasteiger partial charge is 0.497 e. The molecule has 0 amide bonds.